The first-order chi connectivity index (χ1) is 7.15. The summed E-state index contributed by atoms with van der Waals surface area (Å²) in [7, 11) is 0. The standard InChI is InChI=1S/C9H18N4O2/c1-8(14)12-4-6-13(7-5-12)9(15)11-3-2-10/h2-7,10H2,1H3,(H,11,15). The first-order valence-electron chi connectivity index (χ1n) is 5.13. The third-order valence-corrected chi connectivity index (χ3v) is 2.43. The van der Waals surface area contributed by atoms with Crippen LogP contribution in [0.2, 0.25) is 0 Å². The van der Waals surface area contributed by atoms with Gasteiger partial charge in [0.05, 0.1) is 0 Å². The summed E-state index contributed by atoms with van der Waals surface area (Å²) in [5.74, 6) is 0.0667. The van der Waals surface area contributed by atoms with Crippen LogP contribution in [0.25, 0.3) is 0 Å². The zero-order chi connectivity index (χ0) is 11.3. The molecule has 1 heterocycles. The summed E-state index contributed by atoms with van der Waals surface area (Å²) in [6.45, 7) is 4.90. The van der Waals surface area contributed by atoms with Crippen LogP contribution < -0.4 is 11.1 Å². The Balaban J connectivity index is 2.30. The van der Waals surface area contributed by atoms with E-state index in [1.807, 2.05) is 0 Å². The van der Waals surface area contributed by atoms with Crippen LogP contribution in [-0.4, -0.2) is 61.0 Å². The number of nitrogens with zero attached hydrogens (tertiary/aromatic N) is 2. The number of carbonyl (C=O) groups excluding carboxylic acids is 2. The van der Waals surface area contributed by atoms with E-state index in [-0.39, 0.29) is 11.9 Å². The number of nitrogens with two attached hydrogens (primary N) is 1. The topological polar surface area (TPSA) is 78.7 Å². The molecule has 1 fully saturated rings. The monoisotopic (exact) mass is 214 g/mol. The number of carbonyl (C=O) groups is 2. The van der Waals surface area contributed by atoms with Gasteiger partial charge in [-0.3, -0.25) is 4.79 Å². The van der Waals surface area contributed by atoms with Gasteiger partial charge in [-0.15, -0.1) is 0 Å². The van der Waals surface area contributed by atoms with E-state index >= 15 is 0 Å². The summed E-state index contributed by atoms with van der Waals surface area (Å²) in [5.41, 5.74) is 5.28. The Morgan fingerprint density at radius 3 is 2.20 bits per heavy atom. The molecule has 0 spiro atoms. The largest absolute Gasteiger partial charge is 0.339 e. The van der Waals surface area contributed by atoms with E-state index < -0.39 is 0 Å². The van der Waals surface area contributed by atoms with Crippen LogP contribution in [0.3, 0.4) is 0 Å². The van der Waals surface area contributed by atoms with Crippen LogP contribution in [0.4, 0.5) is 4.79 Å². The van der Waals surface area contributed by atoms with Crippen LogP contribution in [0.5, 0.6) is 0 Å². The summed E-state index contributed by atoms with van der Waals surface area (Å²) in [6.07, 6.45) is 0. The Kier molecular flexibility index (Phi) is 4.36. The lowest BCUT2D eigenvalue weighted by atomic mass is 10.3. The van der Waals surface area contributed by atoms with Crippen molar-refractivity contribution in [3.05, 3.63) is 0 Å². The highest BCUT2D eigenvalue weighted by atomic mass is 16.2. The van der Waals surface area contributed by atoms with Gasteiger partial charge in [0.15, 0.2) is 0 Å². The zero-order valence-corrected chi connectivity index (χ0v) is 9.03. The minimum absolute atomic E-state index is 0.0667. The third-order valence-electron chi connectivity index (χ3n) is 2.43. The van der Waals surface area contributed by atoms with Crippen molar-refractivity contribution in [1.82, 2.24) is 15.1 Å². The Labute approximate surface area is 89.4 Å². The summed E-state index contributed by atoms with van der Waals surface area (Å²) in [5, 5.41) is 2.70. The number of urea groups is 1. The van der Waals surface area contributed by atoms with Crippen LogP contribution in [0, 0.1) is 0 Å². The Morgan fingerprint density at radius 1 is 1.20 bits per heavy atom. The van der Waals surface area contributed by atoms with E-state index in [1.165, 1.54) is 0 Å². The molecule has 0 aromatic rings. The van der Waals surface area contributed by atoms with Crippen LogP contribution in [0.1, 0.15) is 6.92 Å². The number of hydrogen-bond donors (Lipinski definition) is 2. The molecular weight excluding hydrogens is 196 g/mol. The number of amides is 3. The highest BCUT2D eigenvalue weighted by molar-refractivity contribution is 5.76. The second kappa shape index (κ2) is 5.55. The lowest BCUT2D eigenvalue weighted by Gasteiger charge is -2.34. The number of hydrogen-bond acceptors (Lipinski definition) is 3. The molecule has 6 nitrogen and oxygen atoms in total. The van der Waals surface area contributed by atoms with Crippen molar-refractivity contribution < 1.29 is 9.59 Å². The molecular formula is C9H18N4O2. The van der Waals surface area contributed by atoms with Crippen molar-refractivity contribution in [3.8, 4) is 0 Å². The normalized spacial score (nSPS) is 16.4. The Morgan fingerprint density at radius 2 is 1.73 bits per heavy atom. The predicted octanol–water partition coefficient (Wildman–Crippen LogP) is -1.18. The van der Waals surface area contributed by atoms with Crippen LogP contribution in [-0.2, 0) is 4.79 Å². The maximum Gasteiger partial charge on any atom is 0.317 e. The molecule has 0 radical (unpaired) electrons. The second-order valence-electron chi connectivity index (χ2n) is 3.51. The van der Waals surface area contributed by atoms with Gasteiger partial charge in [0.2, 0.25) is 5.91 Å². The van der Waals surface area contributed by atoms with Gasteiger partial charge in [-0.1, -0.05) is 0 Å². The van der Waals surface area contributed by atoms with Crippen LogP contribution in [0.15, 0.2) is 0 Å². The first kappa shape index (κ1) is 11.8. The van der Waals surface area contributed by atoms with E-state index in [9.17, 15) is 9.59 Å². The first-order valence-corrected chi connectivity index (χ1v) is 5.13. The van der Waals surface area contributed by atoms with Crippen molar-refractivity contribution in [2.45, 2.75) is 6.92 Å². The van der Waals surface area contributed by atoms with E-state index in [0.717, 1.165) is 0 Å². The van der Waals surface area contributed by atoms with Crippen molar-refractivity contribution in [2.75, 3.05) is 39.3 Å². The van der Waals surface area contributed by atoms with Gasteiger partial charge in [-0.25, -0.2) is 4.79 Å². The summed E-state index contributed by atoms with van der Waals surface area (Å²) >= 11 is 0. The van der Waals surface area contributed by atoms with Crippen molar-refractivity contribution >= 4 is 11.9 Å². The highest BCUT2D eigenvalue weighted by Crippen LogP contribution is 2.01. The van der Waals surface area contributed by atoms with Gasteiger partial charge >= 0.3 is 6.03 Å². The molecule has 1 rings (SSSR count). The molecule has 3 amide bonds. The molecule has 1 saturated heterocycles. The van der Waals surface area contributed by atoms with Gasteiger partial charge in [-0.2, -0.15) is 0 Å². The number of rotatable bonds is 2. The molecule has 3 N–H and O–H groups in total. The number of piperazine rings is 1. The maximum atomic E-state index is 11.5. The molecule has 0 atom stereocenters. The summed E-state index contributed by atoms with van der Waals surface area (Å²) < 4.78 is 0. The molecule has 0 aromatic heterocycles. The van der Waals surface area contributed by atoms with E-state index in [2.05, 4.69) is 5.32 Å². The van der Waals surface area contributed by atoms with Crippen molar-refractivity contribution in [1.29, 1.82) is 0 Å². The van der Waals surface area contributed by atoms with Crippen LogP contribution >= 0.6 is 0 Å². The van der Waals surface area contributed by atoms with Gasteiger partial charge < -0.3 is 20.9 Å². The molecule has 0 aromatic carbocycles. The molecule has 0 saturated carbocycles. The fourth-order valence-electron chi connectivity index (χ4n) is 1.52. The summed E-state index contributed by atoms with van der Waals surface area (Å²) in [4.78, 5) is 26.0. The van der Waals surface area contributed by atoms with Gasteiger partial charge in [0.1, 0.15) is 0 Å². The third kappa shape index (κ3) is 3.39. The summed E-state index contributed by atoms with van der Waals surface area (Å²) in [6, 6.07) is -0.0938. The lowest BCUT2D eigenvalue weighted by molar-refractivity contribution is -0.130. The maximum absolute atomic E-state index is 11.5. The quantitative estimate of drug-likeness (QED) is 0.607. The number of nitrogens with one attached hydrogen (secondary N) is 1. The average molecular weight is 214 g/mol. The molecule has 86 valence electrons. The SMILES string of the molecule is CC(=O)N1CCN(C(=O)NCCN)CC1. The Bertz CT molecular complexity index is 236. The molecule has 0 bridgehead atoms. The highest BCUT2D eigenvalue weighted by Gasteiger charge is 2.21. The van der Waals surface area contributed by atoms with E-state index in [4.69, 9.17) is 5.73 Å². The molecule has 15 heavy (non-hydrogen) atoms. The molecule has 1 aliphatic rings. The molecule has 0 unspecified atom stereocenters. The van der Waals surface area contributed by atoms with Crippen molar-refractivity contribution in [2.24, 2.45) is 5.73 Å². The average Bonchev–Trinajstić information content (AvgIpc) is 2.26. The molecule has 0 aliphatic carbocycles. The van der Waals surface area contributed by atoms with Gasteiger partial charge in [0, 0.05) is 46.2 Å². The lowest BCUT2D eigenvalue weighted by Crippen LogP contribution is -2.53. The van der Waals surface area contributed by atoms with Crippen molar-refractivity contribution in [3.63, 3.8) is 0 Å². The minimum atomic E-state index is -0.0938. The Hall–Kier alpha value is -1.30. The fraction of sp³-hybridized carbons (Fsp3) is 0.778. The van der Waals surface area contributed by atoms with E-state index in [1.54, 1.807) is 16.7 Å². The fourth-order valence-corrected chi connectivity index (χ4v) is 1.52. The zero-order valence-electron chi connectivity index (χ0n) is 9.03. The second-order valence-corrected chi connectivity index (χ2v) is 3.51. The van der Waals surface area contributed by atoms with E-state index in [0.29, 0.717) is 39.3 Å². The molecule has 6 heteroatoms. The smallest absolute Gasteiger partial charge is 0.317 e. The molecule has 1 aliphatic heterocycles. The van der Waals surface area contributed by atoms with Gasteiger partial charge in [0.25, 0.3) is 0 Å². The minimum Gasteiger partial charge on any atom is -0.339 e. The predicted molar refractivity (Wildman–Crippen MR) is 56.3 cm³/mol. The van der Waals surface area contributed by atoms with Gasteiger partial charge in [-0.05, 0) is 0 Å².